The third kappa shape index (κ3) is 4.89. The van der Waals surface area contributed by atoms with Crippen LogP contribution in [0.15, 0.2) is 35.4 Å². The fourth-order valence-electron chi connectivity index (χ4n) is 2.94. The molecule has 154 valence electrons. The standard InChI is InChI=1S/C21H27N5O3/c1-5-9-29-10-8-26-17-11-16(15-6-7-18(28-4)22-12-15)13-23-19(17)25-20(21(26)27)24-14(2)3/h6-7,11-14H,5,8-10H2,1-4H3,(H,23,24,25). The van der Waals surface area contributed by atoms with Crippen LogP contribution in [0.3, 0.4) is 0 Å². The molecule has 0 saturated carbocycles. The molecule has 0 aliphatic carbocycles. The lowest BCUT2D eigenvalue weighted by Gasteiger charge is -2.15. The molecule has 0 aliphatic rings. The van der Waals surface area contributed by atoms with Crippen molar-refractivity contribution in [1.82, 2.24) is 19.5 Å². The number of pyridine rings is 2. The number of fused-ring (bicyclic) bond motifs is 1. The molecule has 0 atom stereocenters. The van der Waals surface area contributed by atoms with E-state index in [2.05, 4.69) is 27.2 Å². The van der Waals surface area contributed by atoms with Crippen molar-refractivity contribution >= 4 is 17.0 Å². The summed E-state index contributed by atoms with van der Waals surface area (Å²) in [5, 5.41) is 3.12. The fraction of sp³-hybridized carbons (Fsp3) is 0.429. The molecule has 8 nitrogen and oxygen atoms in total. The van der Waals surface area contributed by atoms with Gasteiger partial charge in [0.1, 0.15) is 0 Å². The molecule has 8 heteroatoms. The minimum atomic E-state index is -0.182. The van der Waals surface area contributed by atoms with Crippen LogP contribution in [-0.4, -0.2) is 45.9 Å². The molecule has 0 amide bonds. The Kier molecular flexibility index (Phi) is 6.77. The summed E-state index contributed by atoms with van der Waals surface area (Å²) in [7, 11) is 1.58. The van der Waals surface area contributed by atoms with Crippen molar-refractivity contribution in [2.24, 2.45) is 0 Å². The Morgan fingerprint density at radius 1 is 1.14 bits per heavy atom. The molecule has 1 N–H and O–H groups in total. The van der Waals surface area contributed by atoms with Crippen molar-refractivity contribution in [2.75, 3.05) is 25.6 Å². The first kappa shape index (κ1) is 20.7. The summed E-state index contributed by atoms with van der Waals surface area (Å²) >= 11 is 0. The number of rotatable bonds is 9. The summed E-state index contributed by atoms with van der Waals surface area (Å²) in [5.41, 5.74) is 2.72. The summed E-state index contributed by atoms with van der Waals surface area (Å²) < 4.78 is 12.4. The molecule has 3 heterocycles. The molecule has 0 spiro atoms. The number of ether oxygens (including phenoxy) is 2. The monoisotopic (exact) mass is 397 g/mol. The Bertz CT molecular complexity index is 1020. The van der Waals surface area contributed by atoms with E-state index in [9.17, 15) is 4.79 Å². The second-order valence-corrected chi connectivity index (χ2v) is 6.98. The Balaban J connectivity index is 2.06. The molecule has 0 radical (unpaired) electrons. The van der Waals surface area contributed by atoms with E-state index in [-0.39, 0.29) is 11.6 Å². The minimum absolute atomic E-state index is 0.0853. The zero-order valence-corrected chi connectivity index (χ0v) is 17.3. The fourth-order valence-corrected chi connectivity index (χ4v) is 2.94. The van der Waals surface area contributed by atoms with Gasteiger partial charge in [0, 0.05) is 48.8 Å². The maximum atomic E-state index is 13.0. The van der Waals surface area contributed by atoms with Crippen molar-refractivity contribution in [2.45, 2.75) is 39.8 Å². The number of nitrogens with one attached hydrogen (secondary N) is 1. The highest BCUT2D eigenvalue weighted by Gasteiger charge is 2.14. The van der Waals surface area contributed by atoms with Gasteiger partial charge in [-0.15, -0.1) is 0 Å². The second kappa shape index (κ2) is 9.47. The first-order valence-corrected chi connectivity index (χ1v) is 9.78. The van der Waals surface area contributed by atoms with Crippen LogP contribution in [0.1, 0.15) is 27.2 Å². The van der Waals surface area contributed by atoms with Crippen molar-refractivity contribution in [3.8, 4) is 17.0 Å². The lowest BCUT2D eigenvalue weighted by Crippen LogP contribution is -2.29. The molecule has 29 heavy (non-hydrogen) atoms. The van der Waals surface area contributed by atoms with Gasteiger partial charge in [0.2, 0.25) is 5.88 Å². The van der Waals surface area contributed by atoms with E-state index < -0.39 is 0 Å². The van der Waals surface area contributed by atoms with E-state index >= 15 is 0 Å². The van der Waals surface area contributed by atoms with E-state index in [1.54, 1.807) is 30.1 Å². The highest BCUT2D eigenvalue weighted by molar-refractivity contribution is 5.78. The topological polar surface area (TPSA) is 91.2 Å². The quantitative estimate of drug-likeness (QED) is 0.555. The minimum Gasteiger partial charge on any atom is -0.481 e. The molecule has 0 saturated heterocycles. The summed E-state index contributed by atoms with van der Waals surface area (Å²) in [5.74, 6) is 0.841. The summed E-state index contributed by atoms with van der Waals surface area (Å²) in [6, 6.07) is 5.70. The highest BCUT2D eigenvalue weighted by Crippen LogP contribution is 2.23. The lowest BCUT2D eigenvalue weighted by atomic mass is 10.1. The first-order valence-electron chi connectivity index (χ1n) is 9.78. The van der Waals surface area contributed by atoms with E-state index in [1.807, 2.05) is 26.0 Å². The van der Waals surface area contributed by atoms with Gasteiger partial charge in [-0.25, -0.2) is 15.0 Å². The molecular formula is C21H27N5O3. The van der Waals surface area contributed by atoms with Crippen LogP contribution in [-0.2, 0) is 11.3 Å². The zero-order chi connectivity index (χ0) is 20.8. The van der Waals surface area contributed by atoms with Crippen LogP contribution < -0.4 is 15.6 Å². The molecule has 0 bridgehead atoms. The maximum absolute atomic E-state index is 13.0. The van der Waals surface area contributed by atoms with E-state index in [4.69, 9.17) is 9.47 Å². The van der Waals surface area contributed by atoms with E-state index in [0.717, 1.165) is 17.5 Å². The Hall–Kier alpha value is -3.00. The predicted molar refractivity (Wildman–Crippen MR) is 113 cm³/mol. The van der Waals surface area contributed by atoms with Crippen molar-refractivity contribution in [3.63, 3.8) is 0 Å². The Morgan fingerprint density at radius 3 is 2.59 bits per heavy atom. The van der Waals surface area contributed by atoms with Crippen molar-refractivity contribution in [1.29, 1.82) is 0 Å². The summed E-state index contributed by atoms with van der Waals surface area (Å²) in [6.45, 7) is 7.52. The van der Waals surface area contributed by atoms with Crippen LogP contribution in [0.5, 0.6) is 5.88 Å². The average molecular weight is 397 g/mol. The van der Waals surface area contributed by atoms with Gasteiger partial charge in [-0.05, 0) is 32.4 Å². The van der Waals surface area contributed by atoms with Gasteiger partial charge in [-0.3, -0.25) is 9.36 Å². The van der Waals surface area contributed by atoms with Crippen LogP contribution in [0, 0.1) is 0 Å². The number of hydrogen-bond acceptors (Lipinski definition) is 7. The third-order valence-corrected chi connectivity index (χ3v) is 4.32. The predicted octanol–water partition coefficient (Wildman–Crippen LogP) is 3.11. The molecule has 0 unspecified atom stereocenters. The molecule has 3 aromatic heterocycles. The van der Waals surface area contributed by atoms with Crippen molar-refractivity contribution in [3.05, 3.63) is 40.9 Å². The van der Waals surface area contributed by atoms with Gasteiger partial charge in [0.15, 0.2) is 11.5 Å². The third-order valence-electron chi connectivity index (χ3n) is 4.32. The molecule has 3 aromatic rings. The van der Waals surface area contributed by atoms with Gasteiger partial charge in [-0.2, -0.15) is 0 Å². The molecule has 0 fully saturated rings. The van der Waals surface area contributed by atoms with Crippen LogP contribution in [0.2, 0.25) is 0 Å². The average Bonchev–Trinajstić information content (AvgIpc) is 2.73. The largest absolute Gasteiger partial charge is 0.481 e. The smallest absolute Gasteiger partial charge is 0.293 e. The SMILES string of the molecule is CCCOCCn1c(=O)c(NC(C)C)nc2ncc(-c3ccc(OC)nc3)cc21. The number of hydrogen-bond donors (Lipinski definition) is 1. The number of methoxy groups -OCH3 is 1. The van der Waals surface area contributed by atoms with Gasteiger partial charge < -0.3 is 14.8 Å². The summed E-state index contributed by atoms with van der Waals surface area (Å²) in [4.78, 5) is 26.2. The van der Waals surface area contributed by atoms with E-state index in [1.165, 1.54) is 0 Å². The van der Waals surface area contributed by atoms with Gasteiger partial charge >= 0.3 is 0 Å². The van der Waals surface area contributed by atoms with E-state index in [0.29, 0.717) is 42.6 Å². The number of nitrogens with zero attached hydrogens (tertiary/aromatic N) is 4. The van der Waals surface area contributed by atoms with Crippen LogP contribution in [0.4, 0.5) is 5.82 Å². The second-order valence-electron chi connectivity index (χ2n) is 6.98. The first-order chi connectivity index (χ1) is 14.0. The molecule has 0 aromatic carbocycles. The number of anilines is 1. The lowest BCUT2D eigenvalue weighted by molar-refractivity contribution is 0.127. The number of aromatic nitrogens is 4. The Labute approximate surface area is 169 Å². The maximum Gasteiger partial charge on any atom is 0.293 e. The van der Waals surface area contributed by atoms with Gasteiger partial charge in [0.25, 0.3) is 5.56 Å². The normalized spacial score (nSPS) is 11.2. The van der Waals surface area contributed by atoms with Crippen LogP contribution in [0.25, 0.3) is 22.3 Å². The summed E-state index contributed by atoms with van der Waals surface area (Å²) in [6.07, 6.45) is 4.39. The van der Waals surface area contributed by atoms with Crippen molar-refractivity contribution < 1.29 is 9.47 Å². The van der Waals surface area contributed by atoms with Gasteiger partial charge in [0.05, 0.1) is 19.2 Å². The molecule has 0 aliphatic heterocycles. The Morgan fingerprint density at radius 2 is 1.93 bits per heavy atom. The molecular weight excluding hydrogens is 370 g/mol. The van der Waals surface area contributed by atoms with Gasteiger partial charge in [-0.1, -0.05) is 6.92 Å². The van der Waals surface area contributed by atoms with Crippen LogP contribution >= 0.6 is 0 Å². The highest BCUT2D eigenvalue weighted by atomic mass is 16.5. The zero-order valence-electron chi connectivity index (χ0n) is 17.3. The molecule has 3 rings (SSSR count).